The highest BCUT2D eigenvalue weighted by molar-refractivity contribution is 5.85. The highest BCUT2D eigenvalue weighted by atomic mass is 35.5. The van der Waals surface area contributed by atoms with Gasteiger partial charge in [0.1, 0.15) is 12.4 Å². The summed E-state index contributed by atoms with van der Waals surface area (Å²) < 4.78 is 11.7. The smallest absolute Gasteiger partial charge is 0.170 e. The monoisotopic (exact) mass is 582 g/mol. The van der Waals surface area contributed by atoms with Crippen molar-refractivity contribution >= 4 is 35.8 Å². The van der Waals surface area contributed by atoms with Gasteiger partial charge < -0.3 is 14.6 Å². The van der Waals surface area contributed by atoms with Gasteiger partial charge in [0.2, 0.25) is 0 Å². The minimum absolute atomic E-state index is 0. The molecule has 0 bridgehead atoms. The fourth-order valence-electron chi connectivity index (χ4n) is 4.97. The molecule has 1 aliphatic rings. The third-order valence-corrected chi connectivity index (χ3v) is 7.20. The van der Waals surface area contributed by atoms with Crippen molar-refractivity contribution < 1.29 is 9.26 Å². The van der Waals surface area contributed by atoms with Gasteiger partial charge in [-0.05, 0) is 107 Å². The number of fused-ring (bicyclic) bond motifs is 1. The Morgan fingerprint density at radius 2 is 1.68 bits per heavy atom. The first-order chi connectivity index (χ1) is 18.6. The van der Waals surface area contributed by atoms with Crippen molar-refractivity contribution in [2.24, 2.45) is 5.92 Å². The predicted octanol–water partition coefficient (Wildman–Crippen LogP) is 7.11. The van der Waals surface area contributed by atoms with E-state index in [-0.39, 0.29) is 24.8 Å². The molecule has 0 atom stereocenters. The zero-order valence-electron chi connectivity index (χ0n) is 23.6. The average Bonchev–Trinajstić information content (AvgIpc) is 3.37. The zero-order valence-corrected chi connectivity index (χ0v) is 25.2. The second-order valence-electron chi connectivity index (χ2n) is 10.0. The van der Waals surface area contributed by atoms with Gasteiger partial charge in [-0.1, -0.05) is 41.6 Å². The van der Waals surface area contributed by atoms with E-state index in [9.17, 15) is 0 Å². The van der Waals surface area contributed by atoms with Crippen molar-refractivity contribution in [3.8, 4) is 11.8 Å². The molecule has 0 spiro atoms. The number of piperidine rings is 1. The van der Waals surface area contributed by atoms with Crippen LogP contribution in [0.4, 0.5) is 0 Å². The Bertz CT molecular complexity index is 1330. The summed E-state index contributed by atoms with van der Waals surface area (Å²) in [5.74, 6) is 1.49. The summed E-state index contributed by atoms with van der Waals surface area (Å²) in [6.45, 7) is 5.90. The second kappa shape index (κ2) is 16.9. The SMILES string of the molecule is CNC.Cc1c(COc2ccc(C#N)cc2)ccc2c(CCC3CCN(Cc4ccccc4)CC3)noc12.Cl.Cl. The minimum Gasteiger partial charge on any atom is -0.489 e. The van der Waals surface area contributed by atoms with Crippen molar-refractivity contribution in [2.45, 2.75) is 45.8 Å². The van der Waals surface area contributed by atoms with Gasteiger partial charge in [-0.3, -0.25) is 4.90 Å². The third-order valence-electron chi connectivity index (χ3n) is 7.20. The van der Waals surface area contributed by atoms with E-state index < -0.39 is 0 Å². The van der Waals surface area contributed by atoms with Gasteiger partial charge in [0, 0.05) is 17.5 Å². The van der Waals surface area contributed by atoms with Crippen LogP contribution in [0.5, 0.6) is 5.75 Å². The largest absolute Gasteiger partial charge is 0.489 e. The van der Waals surface area contributed by atoms with E-state index in [0.29, 0.717) is 12.2 Å². The Morgan fingerprint density at radius 1 is 1.00 bits per heavy atom. The van der Waals surface area contributed by atoms with E-state index in [1.165, 1.54) is 31.5 Å². The van der Waals surface area contributed by atoms with E-state index in [2.05, 4.69) is 70.8 Å². The van der Waals surface area contributed by atoms with Gasteiger partial charge in [-0.2, -0.15) is 5.26 Å². The molecule has 0 saturated carbocycles. The number of nitrogens with one attached hydrogen (secondary N) is 1. The van der Waals surface area contributed by atoms with Gasteiger partial charge in [-0.15, -0.1) is 24.8 Å². The molecule has 8 heteroatoms. The molecule has 40 heavy (non-hydrogen) atoms. The molecule has 3 aromatic carbocycles. The number of rotatable bonds is 8. The minimum atomic E-state index is 0. The lowest BCUT2D eigenvalue weighted by Crippen LogP contribution is -2.33. The number of ether oxygens (including phenoxy) is 1. The average molecular weight is 584 g/mol. The maximum atomic E-state index is 8.94. The third kappa shape index (κ3) is 8.97. The Hall–Kier alpha value is -3.08. The molecule has 214 valence electrons. The number of hydrogen-bond acceptors (Lipinski definition) is 6. The molecule has 0 radical (unpaired) electrons. The van der Waals surface area contributed by atoms with Crippen LogP contribution in [0, 0.1) is 24.2 Å². The first kappa shape index (κ1) is 33.1. The van der Waals surface area contributed by atoms with Gasteiger partial charge in [0.25, 0.3) is 0 Å². The molecule has 0 amide bonds. The number of nitrogens with zero attached hydrogens (tertiary/aromatic N) is 3. The Morgan fingerprint density at radius 3 is 2.33 bits per heavy atom. The molecular formula is C32H40Cl2N4O2. The van der Waals surface area contributed by atoms with Gasteiger partial charge in [-0.25, -0.2) is 0 Å². The maximum absolute atomic E-state index is 8.94. The molecule has 0 unspecified atom stereocenters. The predicted molar refractivity (Wildman–Crippen MR) is 166 cm³/mol. The standard InChI is InChI=1S/C30H31N3O2.C2H7N.2ClH/c1-22-26(21-34-27-11-7-24(19-31)8-12-27)10-13-28-29(32-35-30(22)28)14-9-23-15-17-33(18-16-23)20-25-5-3-2-4-6-25;1-3-2;;/h2-8,10-13,23H,9,14-18,20-21H2,1H3;3H,1-2H3;2*1H. The molecule has 2 heterocycles. The van der Waals surface area contributed by atoms with Crippen molar-refractivity contribution in [1.82, 2.24) is 15.4 Å². The van der Waals surface area contributed by atoms with Crippen molar-refractivity contribution in [1.29, 1.82) is 5.26 Å². The van der Waals surface area contributed by atoms with Crippen molar-refractivity contribution in [3.63, 3.8) is 0 Å². The Labute approximate surface area is 250 Å². The normalized spacial score (nSPS) is 13.3. The van der Waals surface area contributed by atoms with E-state index in [0.717, 1.165) is 58.8 Å². The van der Waals surface area contributed by atoms with Crippen LogP contribution in [0.25, 0.3) is 11.0 Å². The molecular weight excluding hydrogens is 543 g/mol. The molecule has 6 nitrogen and oxygen atoms in total. The second-order valence-corrected chi connectivity index (χ2v) is 10.0. The van der Waals surface area contributed by atoms with E-state index >= 15 is 0 Å². The Kier molecular flexibility index (Phi) is 14.0. The number of nitriles is 1. The number of aryl methyl sites for hydroxylation is 2. The van der Waals surface area contributed by atoms with Crippen LogP contribution >= 0.6 is 24.8 Å². The van der Waals surface area contributed by atoms with Crippen LogP contribution < -0.4 is 10.1 Å². The maximum Gasteiger partial charge on any atom is 0.170 e. The van der Waals surface area contributed by atoms with Crippen LogP contribution in [0.2, 0.25) is 0 Å². The molecule has 4 aromatic rings. The lowest BCUT2D eigenvalue weighted by atomic mass is 9.90. The first-order valence-corrected chi connectivity index (χ1v) is 13.5. The summed E-state index contributed by atoms with van der Waals surface area (Å²) >= 11 is 0. The molecule has 0 aliphatic carbocycles. The molecule has 1 aromatic heterocycles. The molecule has 5 rings (SSSR count). The lowest BCUT2D eigenvalue weighted by molar-refractivity contribution is 0.172. The van der Waals surface area contributed by atoms with Crippen LogP contribution in [0.15, 0.2) is 71.3 Å². The fraction of sp³-hybridized carbons (Fsp3) is 0.375. The number of hydrogen-bond donors (Lipinski definition) is 1. The van der Waals surface area contributed by atoms with Gasteiger partial charge in [0.05, 0.1) is 17.3 Å². The van der Waals surface area contributed by atoms with Crippen LogP contribution in [0.3, 0.4) is 0 Å². The van der Waals surface area contributed by atoms with E-state index in [1.54, 1.807) is 12.1 Å². The van der Waals surface area contributed by atoms with Crippen molar-refractivity contribution in [2.75, 3.05) is 27.2 Å². The summed E-state index contributed by atoms with van der Waals surface area (Å²) in [5, 5.41) is 17.2. The van der Waals surface area contributed by atoms with E-state index in [4.69, 9.17) is 14.5 Å². The topological polar surface area (TPSA) is 74.3 Å². The molecule has 1 N–H and O–H groups in total. The van der Waals surface area contributed by atoms with Crippen LogP contribution in [-0.2, 0) is 19.6 Å². The van der Waals surface area contributed by atoms with Gasteiger partial charge >= 0.3 is 0 Å². The molecule has 1 saturated heterocycles. The number of halogens is 2. The Balaban J connectivity index is 0.00000107. The highest BCUT2D eigenvalue weighted by Crippen LogP contribution is 2.29. The number of benzene rings is 3. The van der Waals surface area contributed by atoms with E-state index in [1.807, 2.05) is 26.2 Å². The molecule has 1 fully saturated rings. The van der Waals surface area contributed by atoms with Crippen LogP contribution in [-0.4, -0.2) is 37.2 Å². The lowest BCUT2D eigenvalue weighted by Gasteiger charge is -2.31. The van der Waals surface area contributed by atoms with Crippen molar-refractivity contribution in [3.05, 3.63) is 94.7 Å². The summed E-state index contributed by atoms with van der Waals surface area (Å²) in [6, 6.07) is 24.3. The van der Waals surface area contributed by atoms with Crippen LogP contribution in [0.1, 0.15) is 47.2 Å². The fourth-order valence-corrected chi connectivity index (χ4v) is 4.97. The quantitative estimate of drug-likeness (QED) is 0.238. The van der Waals surface area contributed by atoms with Gasteiger partial charge in [0.15, 0.2) is 5.58 Å². The zero-order chi connectivity index (χ0) is 26.7. The number of aromatic nitrogens is 1. The summed E-state index contributed by atoms with van der Waals surface area (Å²) in [4.78, 5) is 2.57. The first-order valence-electron chi connectivity index (χ1n) is 13.5. The summed E-state index contributed by atoms with van der Waals surface area (Å²) in [6.07, 6.45) is 4.61. The summed E-state index contributed by atoms with van der Waals surface area (Å²) in [5.41, 5.74) is 6.10. The summed E-state index contributed by atoms with van der Waals surface area (Å²) in [7, 11) is 3.75. The number of likely N-dealkylation sites (tertiary alicyclic amines) is 1. The highest BCUT2D eigenvalue weighted by Gasteiger charge is 2.21. The molecule has 1 aliphatic heterocycles.